The van der Waals surface area contributed by atoms with Crippen LogP contribution in [0.25, 0.3) is 11.0 Å². The molecule has 0 amide bonds. The summed E-state index contributed by atoms with van der Waals surface area (Å²) in [7, 11) is 1.33. The third-order valence-corrected chi connectivity index (χ3v) is 2.27. The van der Waals surface area contributed by atoms with E-state index in [4.69, 9.17) is 0 Å². The number of carbonyl (C=O) groups excluding carboxylic acids is 1. The van der Waals surface area contributed by atoms with Gasteiger partial charge in [-0.3, -0.25) is 9.89 Å². The van der Waals surface area contributed by atoms with E-state index in [0.717, 1.165) is 5.39 Å². The highest BCUT2D eigenvalue weighted by Gasteiger charge is 2.10. The van der Waals surface area contributed by atoms with Gasteiger partial charge in [-0.15, -0.1) is 0 Å². The molecule has 2 rings (SSSR count). The van der Waals surface area contributed by atoms with Gasteiger partial charge in [-0.2, -0.15) is 15.1 Å². The number of anilines is 2. The summed E-state index contributed by atoms with van der Waals surface area (Å²) >= 11 is 0. The first-order valence-corrected chi connectivity index (χ1v) is 5.50. The van der Waals surface area contributed by atoms with E-state index in [1.807, 2.05) is 6.92 Å². The topological polar surface area (TPSA) is 105 Å². The van der Waals surface area contributed by atoms with Gasteiger partial charge in [0.15, 0.2) is 5.65 Å². The molecule has 8 heteroatoms. The first-order valence-electron chi connectivity index (χ1n) is 5.50. The van der Waals surface area contributed by atoms with Crippen LogP contribution in [0.5, 0.6) is 0 Å². The number of carbonyl (C=O) groups is 1. The van der Waals surface area contributed by atoms with Crippen molar-refractivity contribution in [3.8, 4) is 0 Å². The van der Waals surface area contributed by atoms with E-state index in [-0.39, 0.29) is 12.5 Å². The molecule has 0 unspecified atom stereocenters. The molecule has 0 aliphatic heterocycles. The van der Waals surface area contributed by atoms with Gasteiger partial charge < -0.3 is 15.4 Å². The molecule has 2 aromatic rings. The van der Waals surface area contributed by atoms with Crippen molar-refractivity contribution in [3.63, 3.8) is 0 Å². The zero-order valence-corrected chi connectivity index (χ0v) is 10.1. The summed E-state index contributed by atoms with van der Waals surface area (Å²) in [5.41, 5.74) is 0.605. The number of hydrogen-bond donors (Lipinski definition) is 3. The third-order valence-electron chi connectivity index (χ3n) is 2.27. The summed E-state index contributed by atoms with van der Waals surface area (Å²) in [6.07, 6.45) is 1.60. The second-order valence-electron chi connectivity index (χ2n) is 3.49. The van der Waals surface area contributed by atoms with E-state index in [1.54, 1.807) is 6.20 Å². The molecular formula is C10H14N6O2. The number of esters is 1. The number of fused-ring (bicyclic) bond motifs is 1. The molecule has 3 N–H and O–H groups in total. The number of H-pyrrole nitrogens is 1. The Bertz CT molecular complexity index is 552. The smallest absolute Gasteiger partial charge is 0.325 e. The van der Waals surface area contributed by atoms with Crippen LogP contribution in [0.15, 0.2) is 6.20 Å². The van der Waals surface area contributed by atoms with Crippen LogP contribution in [0.1, 0.15) is 6.92 Å². The molecule has 0 atom stereocenters. The molecule has 0 fully saturated rings. The largest absolute Gasteiger partial charge is 0.468 e. The molecule has 0 saturated heterocycles. The maximum Gasteiger partial charge on any atom is 0.325 e. The van der Waals surface area contributed by atoms with Gasteiger partial charge in [-0.05, 0) is 6.92 Å². The van der Waals surface area contributed by atoms with Gasteiger partial charge in [0.2, 0.25) is 5.95 Å². The van der Waals surface area contributed by atoms with Gasteiger partial charge in [-0.25, -0.2) is 0 Å². The lowest BCUT2D eigenvalue weighted by Gasteiger charge is -2.07. The lowest BCUT2D eigenvalue weighted by molar-refractivity contribution is -0.138. The Hall–Kier alpha value is -2.38. The fourth-order valence-corrected chi connectivity index (χ4v) is 1.43. The van der Waals surface area contributed by atoms with Crippen LogP contribution in [-0.2, 0) is 9.53 Å². The van der Waals surface area contributed by atoms with Gasteiger partial charge >= 0.3 is 5.97 Å². The molecule has 0 aliphatic rings. The van der Waals surface area contributed by atoms with E-state index in [9.17, 15) is 4.79 Å². The predicted octanol–water partition coefficient (Wildman–Crippen LogP) is 0.370. The normalized spacial score (nSPS) is 10.3. The summed E-state index contributed by atoms with van der Waals surface area (Å²) in [4.78, 5) is 19.6. The van der Waals surface area contributed by atoms with Crippen molar-refractivity contribution in [3.05, 3.63) is 6.20 Å². The molecule has 96 valence electrons. The highest BCUT2D eigenvalue weighted by atomic mass is 16.5. The first kappa shape index (κ1) is 12.1. The Balaban J connectivity index is 2.28. The monoisotopic (exact) mass is 250 g/mol. The summed E-state index contributed by atoms with van der Waals surface area (Å²) in [5.74, 6) is 0.645. The average Bonchev–Trinajstić information content (AvgIpc) is 2.84. The Kier molecular flexibility index (Phi) is 3.56. The Labute approximate surface area is 103 Å². The first-order chi connectivity index (χ1) is 8.74. The van der Waals surface area contributed by atoms with Crippen LogP contribution in [-0.4, -0.2) is 46.3 Å². The van der Waals surface area contributed by atoms with Gasteiger partial charge in [0.25, 0.3) is 0 Å². The van der Waals surface area contributed by atoms with Gasteiger partial charge in [0, 0.05) is 6.54 Å². The number of hydrogen-bond acceptors (Lipinski definition) is 7. The molecule has 0 spiro atoms. The van der Waals surface area contributed by atoms with Crippen LogP contribution in [0.2, 0.25) is 0 Å². The van der Waals surface area contributed by atoms with Crippen LogP contribution in [0, 0.1) is 0 Å². The Morgan fingerprint density at radius 3 is 3.00 bits per heavy atom. The van der Waals surface area contributed by atoms with E-state index < -0.39 is 0 Å². The third kappa shape index (κ3) is 2.47. The minimum Gasteiger partial charge on any atom is -0.468 e. The number of nitrogens with one attached hydrogen (secondary N) is 3. The summed E-state index contributed by atoms with van der Waals surface area (Å²) < 4.78 is 4.56. The number of ether oxygens (including phenoxy) is 1. The summed E-state index contributed by atoms with van der Waals surface area (Å²) in [5, 5.41) is 13.3. The minimum absolute atomic E-state index is 0.0410. The van der Waals surface area contributed by atoms with E-state index in [1.165, 1.54) is 7.11 Å². The molecule has 2 aromatic heterocycles. The second-order valence-corrected chi connectivity index (χ2v) is 3.49. The lowest BCUT2D eigenvalue weighted by Crippen LogP contribution is -2.16. The quantitative estimate of drug-likeness (QED) is 0.658. The number of methoxy groups -OCH3 is 1. The van der Waals surface area contributed by atoms with Crippen LogP contribution >= 0.6 is 0 Å². The SMILES string of the molecule is CCNc1nc(NCC(=O)OC)c2cn[nH]c2n1. The van der Waals surface area contributed by atoms with E-state index in [0.29, 0.717) is 24.0 Å². The van der Waals surface area contributed by atoms with Crippen LogP contribution < -0.4 is 10.6 Å². The molecule has 18 heavy (non-hydrogen) atoms. The second kappa shape index (κ2) is 5.30. The van der Waals surface area contributed by atoms with Gasteiger partial charge in [-0.1, -0.05) is 0 Å². The van der Waals surface area contributed by atoms with Gasteiger partial charge in [0.05, 0.1) is 18.7 Å². The van der Waals surface area contributed by atoms with E-state index in [2.05, 4.69) is 35.5 Å². The van der Waals surface area contributed by atoms with Crippen molar-refractivity contribution >= 4 is 28.8 Å². The van der Waals surface area contributed by atoms with Crippen molar-refractivity contribution in [2.75, 3.05) is 30.8 Å². The predicted molar refractivity (Wildman–Crippen MR) is 66.4 cm³/mol. The zero-order valence-electron chi connectivity index (χ0n) is 10.1. The van der Waals surface area contributed by atoms with Crippen molar-refractivity contribution in [2.24, 2.45) is 0 Å². The maximum absolute atomic E-state index is 11.1. The molecule has 0 radical (unpaired) electrons. The lowest BCUT2D eigenvalue weighted by atomic mass is 10.4. The van der Waals surface area contributed by atoms with Crippen molar-refractivity contribution in [1.29, 1.82) is 0 Å². The van der Waals surface area contributed by atoms with Crippen molar-refractivity contribution in [2.45, 2.75) is 6.92 Å². The zero-order chi connectivity index (χ0) is 13.0. The molecule has 0 aromatic carbocycles. The average molecular weight is 250 g/mol. The minimum atomic E-state index is -0.366. The molecule has 0 aliphatic carbocycles. The standard InChI is InChI=1S/C10H14N6O2/c1-3-11-10-14-8(12-5-7(17)18-2)6-4-13-16-9(6)15-10/h4H,3,5H2,1-2H3,(H3,11,12,13,14,15,16). The van der Waals surface area contributed by atoms with Crippen LogP contribution in [0.4, 0.5) is 11.8 Å². The molecule has 0 bridgehead atoms. The van der Waals surface area contributed by atoms with Crippen molar-refractivity contribution < 1.29 is 9.53 Å². The fourth-order valence-electron chi connectivity index (χ4n) is 1.43. The highest BCUT2D eigenvalue weighted by Crippen LogP contribution is 2.19. The molecule has 8 nitrogen and oxygen atoms in total. The number of rotatable bonds is 5. The number of nitrogens with zero attached hydrogens (tertiary/aromatic N) is 3. The van der Waals surface area contributed by atoms with E-state index >= 15 is 0 Å². The fraction of sp³-hybridized carbons (Fsp3) is 0.400. The van der Waals surface area contributed by atoms with Crippen molar-refractivity contribution in [1.82, 2.24) is 20.2 Å². The highest BCUT2D eigenvalue weighted by molar-refractivity contribution is 5.88. The summed E-state index contributed by atoms with van der Waals surface area (Å²) in [6, 6.07) is 0. The number of aromatic amines is 1. The summed E-state index contributed by atoms with van der Waals surface area (Å²) in [6.45, 7) is 2.69. The Morgan fingerprint density at radius 1 is 1.44 bits per heavy atom. The van der Waals surface area contributed by atoms with Gasteiger partial charge in [0.1, 0.15) is 12.4 Å². The molecular weight excluding hydrogens is 236 g/mol. The van der Waals surface area contributed by atoms with Crippen LogP contribution in [0.3, 0.4) is 0 Å². The number of aromatic nitrogens is 4. The molecule has 0 saturated carbocycles. The molecule has 2 heterocycles. The Morgan fingerprint density at radius 2 is 2.28 bits per heavy atom. The maximum atomic E-state index is 11.1.